The van der Waals surface area contributed by atoms with E-state index in [-0.39, 0.29) is 29.8 Å². The maximum Gasteiger partial charge on any atom is 0.242 e. The summed E-state index contributed by atoms with van der Waals surface area (Å²) in [5.41, 5.74) is 0. The fourth-order valence-electron chi connectivity index (χ4n) is 2.19. The summed E-state index contributed by atoms with van der Waals surface area (Å²) in [6.45, 7) is 2.15. The van der Waals surface area contributed by atoms with Gasteiger partial charge < -0.3 is 10.6 Å². The van der Waals surface area contributed by atoms with E-state index >= 15 is 0 Å². The first-order chi connectivity index (χ1) is 10.1. The number of carbonyl (C=O) groups is 1. The third kappa shape index (κ3) is 4.76. The van der Waals surface area contributed by atoms with E-state index in [2.05, 4.69) is 20.3 Å². The number of hydrogen-bond acceptors (Lipinski definition) is 5. The van der Waals surface area contributed by atoms with Crippen LogP contribution in [0.15, 0.2) is 29.4 Å². The molecule has 0 saturated carbocycles. The second kappa shape index (κ2) is 7.48. The number of rotatable bonds is 6. The van der Waals surface area contributed by atoms with Crippen LogP contribution < -0.4 is 15.4 Å². The highest BCUT2D eigenvalue weighted by Gasteiger charge is 2.20. The lowest BCUT2D eigenvalue weighted by molar-refractivity contribution is -0.125. The number of amides is 1. The molecule has 0 aliphatic carbocycles. The number of hydrogen-bond donors (Lipinski definition) is 3. The van der Waals surface area contributed by atoms with Gasteiger partial charge in [0.15, 0.2) is 0 Å². The molecule has 0 bridgehead atoms. The Morgan fingerprint density at radius 2 is 2.10 bits per heavy atom. The number of carbonyl (C=O) groups excluding carboxylic acids is 1. The average Bonchev–Trinajstić information content (AvgIpc) is 2.53. The van der Waals surface area contributed by atoms with Crippen LogP contribution in [0.5, 0.6) is 0 Å². The van der Waals surface area contributed by atoms with Crippen LogP contribution in [-0.4, -0.2) is 45.5 Å². The fraction of sp³-hybridized carbons (Fsp3) is 0.538. The predicted octanol–water partition coefficient (Wildman–Crippen LogP) is -0.524. The molecule has 116 valence electrons. The van der Waals surface area contributed by atoms with Crippen LogP contribution in [0.3, 0.4) is 0 Å². The van der Waals surface area contributed by atoms with Gasteiger partial charge in [0, 0.05) is 31.4 Å². The lowest BCUT2D eigenvalue weighted by Crippen LogP contribution is -2.41. The number of piperidine rings is 1. The Labute approximate surface area is 124 Å². The Kier molecular flexibility index (Phi) is 5.66. The van der Waals surface area contributed by atoms with Crippen LogP contribution >= 0.6 is 0 Å². The van der Waals surface area contributed by atoms with E-state index in [9.17, 15) is 13.2 Å². The molecule has 0 radical (unpaired) electrons. The van der Waals surface area contributed by atoms with Gasteiger partial charge in [0.2, 0.25) is 15.9 Å². The second-order valence-corrected chi connectivity index (χ2v) is 6.67. The maximum atomic E-state index is 11.9. The van der Waals surface area contributed by atoms with Crippen LogP contribution in [0, 0.1) is 5.92 Å². The van der Waals surface area contributed by atoms with Gasteiger partial charge in [-0.1, -0.05) is 0 Å². The van der Waals surface area contributed by atoms with Crippen LogP contribution in [0.2, 0.25) is 0 Å². The zero-order chi connectivity index (χ0) is 15.1. The Bertz CT molecular complexity index is 556. The molecule has 2 heterocycles. The first-order valence-corrected chi connectivity index (χ1v) is 8.46. The average molecular weight is 312 g/mol. The van der Waals surface area contributed by atoms with Gasteiger partial charge in [0.1, 0.15) is 4.90 Å². The summed E-state index contributed by atoms with van der Waals surface area (Å²) in [6.07, 6.45) is 4.45. The smallest absolute Gasteiger partial charge is 0.242 e. The molecule has 1 amide bonds. The molecule has 3 N–H and O–H groups in total. The van der Waals surface area contributed by atoms with Crippen LogP contribution in [0.1, 0.15) is 12.8 Å². The fourth-order valence-corrected chi connectivity index (χ4v) is 3.18. The summed E-state index contributed by atoms with van der Waals surface area (Å²) in [5.74, 6) is 0.0262. The highest BCUT2D eigenvalue weighted by molar-refractivity contribution is 7.89. The Hall–Kier alpha value is -1.51. The quantitative estimate of drug-likeness (QED) is 0.614. The minimum atomic E-state index is -3.56. The van der Waals surface area contributed by atoms with Gasteiger partial charge in [-0.3, -0.25) is 9.78 Å². The van der Waals surface area contributed by atoms with E-state index in [0.717, 1.165) is 25.9 Å². The van der Waals surface area contributed by atoms with E-state index < -0.39 is 10.0 Å². The molecule has 0 spiro atoms. The number of nitrogens with one attached hydrogen (secondary N) is 3. The molecule has 0 atom stereocenters. The van der Waals surface area contributed by atoms with Gasteiger partial charge in [-0.25, -0.2) is 13.1 Å². The summed E-state index contributed by atoms with van der Waals surface area (Å²) < 4.78 is 26.3. The number of sulfonamides is 1. The SMILES string of the molecule is O=C(NCCNS(=O)(=O)c1cccnc1)C1CCNCC1. The standard InChI is InChI=1S/C13H20N4O3S/c18-13(11-3-6-14-7-4-11)16-8-9-17-21(19,20)12-2-1-5-15-10-12/h1-2,5,10-11,14,17H,3-4,6-9H2,(H,16,18). The molecular formula is C13H20N4O3S. The summed E-state index contributed by atoms with van der Waals surface area (Å²) in [7, 11) is -3.56. The van der Waals surface area contributed by atoms with Crippen molar-refractivity contribution in [3.8, 4) is 0 Å². The van der Waals surface area contributed by atoms with Gasteiger partial charge in [-0.05, 0) is 38.1 Å². The monoisotopic (exact) mass is 312 g/mol. The van der Waals surface area contributed by atoms with Gasteiger partial charge in [-0.15, -0.1) is 0 Å². The van der Waals surface area contributed by atoms with Crippen molar-refractivity contribution in [2.45, 2.75) is 17.7 Å². The van der Waals surface area contributed by atoms with E-state index in [0.29, 0.717) is 0 Å². The minimum Gasteiger partial charge on any atom is -0.355 e. The molecule has 2 rings (SSSR count). The Morgan fingerprint density at radius 1 is 1.33 bits per heavy atom. The van der Waals surface area contributed by atoms with Crippen molar-refractivity contribution in [1.82, 2.24) is 20.3 Å². The van der Waals surface area contributed by atoms with Crippen molar-refractivity contribution in [3.63, 3.8) is 0 Å². The second-order valence-electron chi connectivity index (χ2n) is 4.90. The molecule has 1 aromatic heterocycles. The van der Waals surface area contributed by atoms with E-state index in [1.165, 1.54) is 18.5 Å². The van der Waals surface area contributed by atoms with Crippen molar-refractivity contribution < 1.29 is 13.2 Å². The molecule has 1 saturated heterocycles. The molecule has 21 heavy (non-hydrogen) atoms. The lowest BCUT2D eigenvalue weighted by Gasteiger charge is -2.21. The summed E-state index contributed by atoms with van der Waals surface area (Å²) in [4.78, 5) is 15.8. The summed E-state index contributed by atoms with van der Waals surface area (Å²) >= 11 is 0. The number of aromatic nitrogens is 1. The van der Waals surface area contributed by atoms with Crippen molar-refractivity contribution in [3.05, 3.63) is 24.5 Å². The first kappa shape index (κ1) is 15.9. The Balaban J connectivity index is 1.73. The zero-order valence-corrected chi connectivity index (χ0v) is 12.5. The molecular weight excluding hydrogens is 292 g/mol. The van der Waals surface area contributed by atoms with Crippen LogP contribution in [-0.2, 0) is 14.8 Å². The van der Waals surface area contributed by atoms with Crippen LogP contribution in [0.4, 0.5) is 0 Å². The minimum absolute atomic E-state index is 0.00271. The maximum absolute atomic E-state index is 11.9. The van der Waals surface area contributed by atoms with Crippen LogP contribution in [0.25, 0.3) is 0 Å². The first-order valence-electron chi connectivity index (χ1n) is 6.98. The molecule has 0 aromatic carbocycles. The highest BCUT2D eigenvalue weighted by Crippen LogP contribution is 2.11. The lowest BCUT2D eigenvalue weighted by atomic mass is 9.97. The third-order valence-corrected chi connectivity index (χ3v) is 4.82. The van der Waals surface area contributed by atoms with Crippen molar-refractivity contribution >= 4 is 15.9 Å². The number of pyridine rings is 1. The van der Waals surface area contributed by atoms with Gasteiger partial charge in [0.25, 0.3) is 0 Å². The molecule has 1 aliphatic rings. The van der Waals surface area contributed by atoms with Crippen molar-refractivity contribution in [1.29, 1.82) is 0 Å². The summed E-state index contributed by atoms with van der Waals surface area (Å²) in [5, 5.41) is 5.96. The molecule has 7 nitrogen and oxygen atoms in total. The molecule has 1 aromatic rings. The van der Waals surface area contributed by atoms with Gasteiger partial charge >= 0.3 is 0 Å². The van der Waals surface area contributed by atoms with Crippen molar-refractivity contribution in [2.24, 2.45) is 5.92 Å². The van der Waals surface area contributed by atoms with E-state index in [4.69, 9.17) is 0 Å². The normalized spacial score (nSPS) is 16.6. The third-order valence-electron chi connectivity index (χ3n) is 3.37. The van der Waals surface area contributed by atoms with Gasteiger partial charge in [0.05, 0.1) is 0 Å². The van der Waals surface area contributed by atoms with Crippen molar-refractivity contribution in [2.75, 3.05) is 26.2 Å². The largest absolute Gasteiger partial charge is 0.355 e. The topological polar surface area (TPSA) is 100 Å². The van der Waals surface area contributed by atoms with Gasteiger partial charge in [-0.2, -0.15) is 0 Å². The molecule has 1 aliphatic heterocycles. The molecule has 8 heteroatoms. The van der Waals surface area contributed by atoms with E-state index in [1.54, 1.807) is 6.07 Å². The number of nitrogens with zero attached hydrogens (tertiary/aromatic N) is 1. The summed E-state index contributed by atoms with van der Waals surface area (Å²) in [6, 6.07) is 3.04. The zero-order valence-electron chi connectivity index (χ0n) is 11.7. The molecule has 0 unspecified atom stereocenters. The van der Waals surface area contributed by atoms with E-state index in [1.807, 2.05) is 0 Å². The predicted molar refractivity (Wildman–Crippen MR) is 78.0 cm³/mol. The Morgan fingerprint density at radius 3 is 2.76 bits per heavy atom. The molecule has 1 fully saturated rings. The highest BCUT2D eigenvalue weighted by atomic mass is 32.2.